The second kappa shape index (κ2) is 6.70. The molecule has 2 aromatic rings. The normalized spacial score (nSPS) is 16.4. The molecule has 0 radical (unpaired) electrons. The zero-order valence-corrected chi connectivity index (χ0v) is 14.8. The number of nitrogens with zero attached hydrogens (tertiary/aromatic N) is 2. The van der Waals surface area contributed by atoms with Gasteiger partial charge in [-0.15, -0.1) is 0 Å². The van der Waals surface area contributed by atoms with Crippen LogP contribution in [-0.2, 0) is 10.0 Å². The Balaban J connectivity index is 1.73. The van der Waals surface area contributed by atoms with Crippen molar-refractivity contribution in [3.8, 4) is 0 Å². The highest BCUT2D eigenvalue weighted by Gasteiger charge is 2.28. The van der Waals surface area contributed by atoms with Crippen LogP contribution in [0.25, 0.3) is 0 Å². The third-order valence-electron chi connectivity index (χ3n) is 4.19. The van der Waals surface area contributed by atoms with E-state index in [2.05, 4.69) is 4.90 Å². The summed E-state index contributed by atoms with van der Waals surface area (Å²) in [7, 11) is -3.58. The first-order valence-corrected chi connectivity index (χ1v) is 9.46. The molecule has 1 heterocycles. The second-order valence-electron chi connectivity index (χ2n) is 5.78. The van der Waals surface area contributed by atoms with Gasteiger partial charge in [0.2, 0.25) is 10.0 Å². The van der Waals surface area contributed by atoms with Crippen molar-refractivity contribution in [3.63, 3.8) is 0 Å². The van der Waals surface area contributed by atoms with Gasteiger partial charge in [0.1, 0.15) is 5.82 Å². The number of piperazine rings is 1. The molecule has 0 atom stereocenters. The van der Waals surface area contributed by atoms with Crippen LogP contribution in [0.2, 0.25) is 5.02 Å². The van der Waals surface area contributed by atoms with Crippen molar-refractivity contribution in [2.75, 3.05) is 31.1 Å². The van der Waals surface area contributed by atoms with E-state index in [0.29, 0.717) is 31.2 Å². The Bertz CT molecular complexity index is 832. The van der Waals surface area contributed by atoms with Gasteiger partial charge < -0.3 is 4.90 Å². The summed E-state index contributed by atoms with van der Waals surface area (Å²) in [5.74, 6) is -0.447. The summed E-state index contributed by atoms with van der Waals surface area (Å²) in [4.78, 5) is 2.28. The monoisotopic (exact) mass is 368 g/mol. The molecule has 3 rings (SSSR count). The number of anilines is 1. The molecule has 1 aliphatic rings. The third kappa shape index (κ3) is 3.41. The molecule has 0 unspecified atom stereocenters. The van der Waals surface area contributed by atoms with Gasteiger partial charge in [-0.25, -0.2) is 12.8 Å². The summed E-state index contributed by atoms with van der Waals surface area (Å²) in [6, 6.07) is 10.6. The van der Waals surface area contributed by atoms with Gasteiger partial charge >= 0.3 is 0 Å². The van der Waals surface area contributed by atoms with Crippen molar-refractivity contribution in [1.82, 2.24) is 4.31 Å². The summed E-state index contributed by atoms with van der Waals surface area (Å²) in [5.41, 5.74) is 2.13. The first-order chi connectivity index (χ1) is 11.4. The number of hydrogen-bond acceptors (Lipinski definition) is 3. The molecule has 128 valence electrons. The lowest BCUT2D eigenvalue weighted by molar-refractivity contribution is 0.384. The smallest absolute Gasteiger partial charge is 0.243 e. The van der Waals surface area contributed by atoms with Crippen molar-refractivity contribution in [2.45, 2.75) is 11.8 Å². The maximum absolute atomic E-state index is 13.0. The van der Waals surface area contributed by atoms with E-state index >= 15 is 0 Å². The zero-order valence-electron chi connectivity index (χ0n) is 13.2. The first-order valence-electron chi connectivity index (χ1n) is 7.65. The lowest BCUT2D eigenvalue weighted by atomic mass is 10.1. The average molecular weight is 369 g/mol. The molecule has 0 bridgehead atoms. The first kappa shape index (κ1) is 17.2. The Morgan fingerprint density at radius 2 is 1.62 bits per heavy atom. The van der Waals surface area contributed by atoms with Crippen LogP contribution in [0.1, 0.15) is 5.56 Å². The Labute approximate surface area is 146 Å². The Morgan fingerprint density at radius 1 is 1.00 bits per heavy atom. The van der Waals surface area contributed by atoms with Crippen LogP contribution in [0.15, 0.2) is 47.4 Å². The van der Waals surface area contributed by atoms with E-state index in [4.69, 9.17) is 11.6 Å². The summed E-state index contributed by atoms with van der Waals surface area (Å²) in [6.45, 7) is 3.97. The molecule has 24 heavy (non-hydrogen) atoms. The third-order valence-corrected chi connectivity index (χ3v) is 6.34. The van der Waals surface area contributed by atoms with Gasteiger partial charge in [-0.1, -0.05) is 11.6 Å². The number of aryl methyl sites for hydroxylation is 1. The number of rotatable bonds is 3. The Morgan fingerprint density at radius 3 is 2.21 bits per heavy atom. The largest absolute Gasteiger partial charge is 0.369 e. The molecule has 2 aromatic carbocycles. The zero-order chi connectivity index (χ0) is 17.3. The second-order valence-corrected chi connectivity index (χ2v) is 8.15. The Hall–Kier alpha value is -1.63. The summed E-state index contributed by atoms with van der Waals surface area (Å²) >= 11 is 5.99. The molecule has 0 spiro atoms. The van der Waals surface area contributed by atoms with Gasteiger partial charge in [-0.05, 0) is 55.0 Å². The molecule has 0 aromatic heterocycles. The summed E-state index contributed by atoms with van der Waals surface area (Å²) in [6.07, 6.45) is 0. The number of halogens is 2. The van der Waals surface area contributed by atoms with Crippen molar-refractivity contribution < 1.29 is 12.8 Å². The van der Waals surface area contributed by atoms with Gasteiger partial charge in [0.05, 0.1) is 4.90 Å². The van der Waals surface area contributed by atoms with Gasteiger partial charge in [-0.3, -0.25) is 0 Å². The number of sulfonamides is 1. The van der Waals surface area contributed by atoms with E-state index in [-0.39, 0.29) is 4.90 Å². The molecule has 1 saturated heterocycles. The SMILES string of the molecule is Cc1cc(Cl)ccc1N1CCN(S(=O)(=O)c2ccc(F)cc2)CC1. The molecular formula is C17H18ClFN2O2S. The van der Waals surface area contributed by atoms with Crippen LogP contribution < -0.4 is 4.90 Å². The minimum Gasteiger partial charge on any atom is -0.369 e. The maximum atomic E-state index is 13.0. The standard InChI is InChI=1S/C17H18ClFN2O2S/c1-13-12-14(18)2-7-17(13)20-8-10-21(11-9-20)24(22,23)16-5-3-15(19)4-6-16/h2-7,12H,8-11H2,1H3. The van der Waals surface area contributed by atoms with Crippen LogP contribution in [0, 0.1) is 12.7 Å². The summed E-state index contributed by atoms with van der Waals surface area (Å²) < 4.78 is 39.7. The molecule has 0 aliphatic carbocycles. The van der Waals surface area contributed by atoms with Gasteiger partial charge in [0.15, 0.2) is 0 Å². The van der Waals surface area contributed by atoms with Crippen molar-refractivity contribution >= 4 is 27.3 Å². The lowest BCUT2D eigenvalue weighted by Gasteiger charge is -2.36. The fourth-order valence-corrected chi connectivity index (χ4v) is 4.55. The predicted molar refractivity (Wildman–Crippen MR) is 93.6 cm³/mol. The Kier molecular flexibility index (Phi) is 4.80. The molecule has 0 saturated carbocycles. The van der Waals surface area contributed by atoms with Crippen molar-refractivity contribution in [2.24, 2.45) is 0 Å². The quantitative estimate of drug-likeness (QED) is 0.834. The van der Waals surface area contributed by atoms with E-state index in [1.165, 1.54) is 28.6 Å². The number of benzene rings is 2. The van der Waals surface area contributed by atoms with Gasteiger partial charge in [-0.2, -0.15) is 4.31 Å². The fraction of sp³-hybridized carbons (Fsp3) is 0.294. The van der Waals surface area contributed by atoms with Crippen molar-refractivity contribution in [3.05, 3.63) is 58.9 Å². The van der Waals surface area contributed by atoms with Crippen molar-refractivity contribution in [1.29, 1.82) is 0 Å². The fourth-order valence-electron chi connectivity index (χ4n) is 2.90. The van der Waals surface area contributed by atoms with Crippen LogP contribution in [0.5, 0.6) is 0 Å². The van der Waals surface area contributed by atoms with E-state index in [1.807, 2.05) is 25.1 Å². The highest BCUT2D eigenvalue weighted by Crippen LogP contribution is 2.26. The van der Waals surface area contributed by atoms with Crippen LogP contribution >= 0.6 is 11.6 Å². The highest BCUT2D eigenvalue weighted by molar-refractivity contribution is 7.89. The molecule has 1 aliphatic heterocycles. The minimum absolute atomic E-state index is 0.125. The van der Waals surface area contributed by atoms with E-state index in [9.17, 15) is 12.8 Å². The number of hydrogen-bond donors (Lipinski definition) is 0. The van der Waals surface area contributed by atoms with Crippen LogP contribution in [-0.4, -0.2) is 38.9 Å². The molecule has 0 N–H and O–H groups in total. The average Bonchev–Trinajstić information content (AvgIpc) is 2.55. The molecule has 0 amide bonds. The van der Waals surface area contributed by atoms with Gasteiger partial charge in [0, 0.05) is 36.9 Å². The molecule has 4 nitrogen and oxygen atoms in total. The van der Waals surface area contributed by atoms with E-state index in [0.717, 1.165) is 11.3 Å². The summed E-state index contributed by atoms with van der Waals surface area (Å²) in [5, 5.41) is 0.689. The van der Waals surface area contributed by atoms with E-state index in [1.54, 1.807) is 0 Å². The molecular weight excluding hydrogens is 351 g/mol. The highest BCUT2D eigenvalue weighted by atomic mass is 35.5. The van der Waals surface area contributed by atoms with Crippen LogP contribution in [0.4, 0.5) is 10.1 Å². The minimum atomic E-state index is -3.58. The molecule has 1 fully saturated rings. The topological polar surface area (TPSA) is 40.6 Å². The molecule has 7 heteroatoms. The maximum Gasteiger partial charge on any atom is 0.243 e. The lowest BCUT2D eigenvalue weighted by Crippen LogP contribution is -2.48. The van der Waals surface area contributed by atoms with E-state index < -0.39 is 15.8 Å². The van der Waals surface area contributed by atoms with Crippen LogP contribution in [0.3, 0.4) is 0 Å². The van der Waals surface area contributed by atoms with Gasteiger partial charge in [0.25, 0.3) is 0 Å². The predicted octanol–water partition coefficient (Wildman–Crippen LogP) is 3.30.